The maximum Gasteiger partial charge on any atom is 0.573 e. The van der Waals surface area contributed by atoms with Gasteiger partial charge in [-0.05, 0) is 99.7 Å². The first-order valence-electron chi connectivity index (χ1n) is 13.3. The molecule has 0 heterocycles. The first-order chi connectivity index (χ1) is 20.0. The van der Waals surface area contributed by atoms with Crippen molar-refractivity contribution in [2.24, 2.45) is 0 Å². The van der Waals surface area contributed by atoms with Crippen molar-refractivity contribution in [3.05, 3.63) is 101 Å². The van der Waals surface area contributed by atoms with Crippen LogP contribution in [0.25, 0.3) is 6.08 Å². The van der Waals surface area contributed by atoms with E-state index in [0.29, 0.717) is 24.2 Å². The zero-order chi connectivity index (χ0) is 30.5. The van der Waals surface area contributed by atoms with Crippen molar-refractivity contribution >= 4 is 24.0 Å². The molecule has 0 saturated carbocycles. The fourth-order valence-electron chi connectivity index (χ4n) is 3.89. The number of unbranched alkanes of at least 4 members (excludes halogenated alkanes) is 3. The number of ether oxygens (including phenoxy) is 4. The molecule has 10 heteroatoms. The van der Waals surface area contributed by atoms with Gasteiger partial charge in [0.2, 0.25) is 0 Å². The van der Waals surface area contributed by atoms with E-state index in [-0.39, 0.29) is 23.9 Å². The van der Waals surface area contributed by atoms with Crippen LogP contribution in [0.2, 0.25) is 0 Å². The van der Waals surface area contributed by atoms with Crippen molar-refractivity contribution in [3.63, 3.8) is 0 Å². The van der Waals surface area contributed by atoms with Crippen LogP contribution in [0.15, 0.2) is 72.8 Å². The summed E-state index contributed by atoms with van der Waals surface area (Å²) in [4.78, 5) is 36.3. The minimum Gasteiger partial charge on any atom is -0.463 e. The minimum absolute atomic E-state index is 0.0489. The van der Waals surface area contributed by atoms with Crippen LogP contribution in [0, 0.1) is 13.8 Å². The highest BCUT2D eigenvalue weighted by molar-refractivity contribution is 5.91. The van der Waals surface area contributed by atoms with E-state index >= 15 is 0 Å². The van der Waals surface area contributed by atoms with Gasteiger partial charge in [-0.25, -0.2) is 14.4 Å². The smallest absolute Gasteiger partial charge is 0.463 e. The number of benzene rings is 3. The van der Waals surface area contributed by atoms with E-state index in [1.54, 1.807) is 30.3 Å². The van der Waals surface area contributed by atoms with E-state index < -0.39 is 24.1 Å². The van der Waals surface area contributed by atoms with Gasteiger partial charge in [-0.15, -0.1) is 13.2 Å². The average Bonchev–Trinajstić information content (AvgIpc) is 2.93. The standard InChI is InChI=1S/C32H31F3O7/c1-22-19-23(2)21-26(20-22)30(37)40-18-6-4-3-5-17-39-29(36)16-9-24-7-12-27(13-8-24)41-31(38)25-10-14-28(15-11-25)42-32(33,34)35/h7-16,19-21H,3-6,17-18H2,1-2H3/b16-9+. The second-order valence-electron chi connectivity index (χ2n) is 9.46. The van der Waals surface area contributed by atoms with Gasteiger partial charge in [0.1, 0.15) is 11.5 Å². The van der Waals surface area contributed by atoms with E-state index in [1.165, 1.54) is 18.2 Å². The Hall–Kier alpha value is -4.60. The van der Waals surface area contributed by atoms with Gasteiger partial charge < -0.3 is 18.9 Å². The van der Waals surface area contributed by atoms with E-state index in [1.807, 2.05) is 19.9 Å². The summed E-state index contributed by atoms with van der Waals surface area (Å²) in [7, 11) is 0. The van der Waals surface area contributed by atoms with Gasteiger partial charge in [-0.3, -0.25) is 0 Å². The number of alkyl halides is 3. The molecular formula is C32H31F3O7. The van der Waals surface area contributed by atoms with Crippen LogP contribution < -0.4 is 9.47 Å². The molecule has 0 fully saturated rings. The van der Waals surface area contributed by atoms with Crippen molar-refractivity contribution < 1.29 is 46.5 Å². The molecule has 3 aromatic carbocycles. The van der Waals surface area contributed by atoms with Crippen LogP contribution in [0.1, 0.15) is 63.1 Å². The normalized spacial score (nSPS) is 11.3. The lowest BCUT2D eigenvalue weighted by Crippen LogP contribution is -2.17. The second-order valence-corrected chi connectivity index (χ2v) is 9.46. The first kappa shape index (κ1) is 31.9. The molecule has 0 spiro atoms. The topological polar surface area (TPSA) is 88.1 Å². The van der Waals surface area contributed by atoms with Gasteiger partial charge in [0.15, 0.2) is 0 Å². The van der Waals surface area contributed by atoms with Crippen LogP contribution in [0.5, 0.6) is 11.5 Å². The van der Waals surface area contributed by atoms with Crippen molar-refractivity contribution in [2.45, 2.75) is 45.9 Å². The van der Waals surface area contributed by atoms with E-state index in [4.69, 9.17) is 14.2 Å². The number of carbonyl (C=O) groups is 3. The third-order valence-electron chi connectivity index (χ3n) is 5.80. The molecule has 0 radical (unpaired) electrons. The molecule has 0 bridgehead atoms. The predicted octanol–water partition coefficient (Wildman–Crippen LogP) is 7.40. The molecule has 0 atom stereocenters. The molecule has 0 aliphatic heterocycles. The van der Waals surface area contributed by atoms with Crippen LogP contribution in [0.4, 0.5) is 13.2 Å². The van der Waals surface area contributed by atoms with E-state index in [9.17, 15) is 27.6 Å². The Kier molecular flexibility index (Phi) is 11.7. The Morgan fingerprint density at radius 2 is 1.26 bits per heavy atom. The Balaban J connectivity index is 1.29. The summed E-state index contributed by atoms with van der Waals surface area (Å²) in [5, 5.41) is 0. The van der Waals surface area contributed by atoms with Gasteiger partial charge in [0.05, 0.1) is 24.3 Å². The maximum atomic E-state index is 12.3. The fourth-order valence-corrected chi connectivity index (χ4v) is 3.89. The predicted molar refractivity (Wildman–Crippen MR) is 149 cm³/mol. The summed E-state index contributed by atoms with van der Waals surface area (Å²) in [6, 6.07) is 16.3. The molecule has 0 N–H and O–H groups in total. The van der Waals surface area contributed by atoms with E-state index in [0.717, 1.165) is 54.7 Å². The SMILES string of the molecule is Cc1cc(C)cc(C(=O)OCCCCCCOC(=O)/C=C/c2ccc(OC(=O)c3ccc(OC(F)(F)F)cc3)cc2)c1. The summed E-state index contributed by atoms with van der Waals surface area (Å²) in [6.07, 6.45) is 1.08. The van der Waals surface area contributed by atoms with Crippen molar-refractivity contribution in [1.29, 1.82) is 0 Å². The number of carbonyl (C=O) groups excluding carboxylic acids is 3. The monoisotopic (exact) mass is 584 g/mol. The molecule has 0 amide bonds. The zero-order valence-electron chi connectivity index (χ0n) is 23.2. The molecule has 0 aromatic heterocycles. The number of rotatable bonds is 13. The van der Waals surface area contributed by atoms with Crippen LogP contribution in [0.3, 0.4) is 0 Å². The van der Waals surface area contributed by atoms with Gasteiger partial charge in [0.25, 0.3) is 0 Å². The van der Waals surface area contributed by atoms with Crippen LogP contribution in [-0.4, -0.2) is 37.5 Å². The maximum absolute atomic E-state index is 12.3. The molecule has 42 heavy (non-hydrogen) atoms. The Bertz CT molecular complexity index is 1360. The van der Waals surface area contributed by atoms with E-state index in [2.05, 4.69) is 4.74 Å². The highest BCUT2D eigenvalue weighted by atomic mass is 19.4. The number of halogens is 3. The molecule has 222 valence electrons. The summed E-state index contributed by atoms with van der Waals surface area (Å²) in [5.41, 5.74) is 3.29. The van der Waals surface area contributed by atoms with Crippen molar-refractivity contribution in [3.8, 4) is 11.5 Å². The number of hydrogen-bond acceptors (Lipinski definition) is 7. The summed E-state index contributed by atoms with van der Waals surface area (Å²) >= 11 is 0. The summed E-state index contributed by atoms with van der Waals surface area (Å²) < 4.78 is 56.3. The molecule has 0 aliphatic rings. The molecule has 3 rings (SSSR count). The number of aryl methyl sites for hydroxylation is 2. The summed E-state index contributed by atoms with van der Waals surface area (Å²) in [5.74, 6) is -1.80. The average molecular weight is 585 g/mol. The third kappa shape index (κ3) is 11.5. The molecule has 0 unspecified atom stereocenters. The second kappa shape index (κ2) is 15.4. The third-order valence-corrected chi connectivity index (χ3v) is 5.80. The van der Waals surface area contributed by atoms with Crippen LogP contribution in [-0.2, 0) is 14.3 Å². The Morgan fingerprint density at radius 1 is 0.690 bits per heavy atom. The lowest BCUT2D eigenvalue weighted by atomic mass is 10.1. The summed E-state index contributed by atoms with van der Waals surface area (Å²) in [6.45, 7) is 4.47. The Morgan fingerprint density at radius 3 is 1.86 bits per heavy atom. The zero-order valence-corrected chi connectivity index (χ0v) is 23.2. The largest absolute Gasteiger partial charge is 0.573 e. The Labute approximate surface area is 241 Å². The lowest BCUT2D eigenvalue weighted by molar-refractivity contribution is -0.274. The van der Waals surface area contributed by atoms with Gasteiger partial charge in [-0.2, -0.15) is 0 Å². The number of esters is 3. The van der Waals surface area contributed by atoms with Crippen molar-refractivity contribution in [1.82, 2.24) is 0 Å². The quantitative estimate of drug-likeness (QED) is 0.0896. The van der Waals surface area contributed by atoms with Gasteiger partial charge in [0, 0.05) is 6.08 Å². The molecule has 0 saturated heterocycles. The molecular weight excluding hydrogens is 553 g/mol. The molecule has 7 nitrogen and oxygen atoms in total. The molecule has 3 aromatic rings. The highest BCUT2D eigenvalue weighted by Gasteiger charge is 2.31. The highest BCUT2D eigenvalue weighted by Crippen LogP contribution is 2.23. The van der Waals surface area contributed by atoms with Gasteiger partial charge in [-0.1, -0.05) is 29.3 Å². The number of hydrogen-bond donors (Lipinski definition) is 0. The first-order valence-corrected chi connectivity index (χ1v) is 13.3. The van der Waals surface area contributed by atoms with Crippen LogP contribution >= 0.6 is 0 Å². The van der Waals surface area contributed by atoms with Crippen molar-refractivity contribution in [2.75, 3.05) is 13.2 Å². The fraction of sp³-hybridized carbons (Fsp3) is 0.281. The lowest BCUT2D eigenvalue weighted by Gasteiger charge is -2.09. The minimum atomic E-state index is -4.82. The molecule has 0 aliphatic carbocycles. The van der Waals surface area contributed by atoms with Gasteiger partial charge >= 0.3 is 24.3 Å².